The number of hydrogen-bond acceptors (Lipinski definition) is 1. The van der Waals surface area contributed by atoms with Gasteiger partial charge >= 0.3 is 0 Å². The number of Topliss-reactive ketones (excluding diaryl/α,β-unsaturated/α-hetero) is 1. The largest absolute Gasteiger partial charge is 0.299 e. The molecule has 0 radical (unpaired) electrons. The average molecular weight is 138 g/mol. The fourth-order valence-corrected chi connectivity index (χ4v) is 1.58. The molecule has 56 valence electrons. The summed E-state index contributed by atoms with van der Waals surface area (Å²) < 4.78 is 0. The van der Waals surface area contributed by atoms with E-state index in [1.807, 2.05) is 0 Å². The number of carbonyl (C=O) groups is 1. The zero-order valence-corrected chi connectivity index (χ0v) is 6.90. The zero-order chi connectivity index (χ0) is 7.72. The summed E-state index contributed by atoms with van der Waals surface area (Å²) in [6.45, 7) is 5.89. The molecule has 0 saturated carbocycles. The third-order valence-corrected chi connectivity index (χ3v) is 2.49. The Balaban J connectivity index is 2.77. The minimum atomic E-state index is 0.250. The summed E-state index contributed by atoms with van der Waals surface area (Å²) in [5.41, 5.74) is 2.73. The second-order valence-corrected chi connectivity index (χ2v) is 3.17. The molecular weight excluding hydrogens is 124 g/mol. The van der Waals surface area contributed by atoms with Gasteiger partial charge in [0.25, 0.3) is 0 Å². The van der Waals surface area contributed by atoms with Crippen LogP contribution in [0.5, 0.6) is 0 Å². The van der Waals surface area contributed by atoms with E-state index in [1.165, 1.54) is 11.1 Å². The van der Waals surface area contributed by atoms with E-state index in [-0.39, 0.29) is 5.92 Å². The Morgan fingerprint density at radius 2 is 2.10 bits per heavy atom. The van der Waals surface area contributed by atoms with Gasteiger partial charge in [-0.15, -0.1) is 0 Å². The molecule has 0 bridgehead atoms. The summed E-state index contributed by atoms with van der Waals surface area (Å²) in [6, 6.07) is 0. The van der Waals surface area contributed by atoms with Crippen LogP contribution in [0.15, 0.2) is 11.1 Å². The van der Waals surface area contributed by atoms with Crippen molar-refractivity contribution in [1.82, 2.24) is 0 Å². The number of allylic oxidation sites excluding steroid dienone is 2. The van der Waals surface area contributed by atoms with Crippen LogP contribution in [0.25, 0.3) is 0 Å². The van der Waals surface area contributed by atoms with Gasteiger partial charge in [0.05, 0.1) is 0 Å². The molecular formula is C9H14O. The molecule has 0 heterocycles. The molecule has 0 amide bonds. The summed E-state index contributed by atoms with van der Waals surface area (Å²) in [5.74, 6) is 0.578. The first-order valence-corrected chi connectivity index (χ1v) is 3.79. The summed E-state index contributed by atoms with van der Waals surface area (Å²) >= 11 is 0. The maximum Gasteiger partial charge on any atom is 0.136 e. The van der Waals surface area contributed by atoms with E-state index in [1.54, 1.807) is 6.92 Å². The van der Waals surface area contributed by atoms with E-state index in [4.69, 9.17) is 0 Å². The Kier molecular flexibility index (Phi) is 1.93. The summed E-state index contributed by atoms with van der Waals surface area (Å²) in [7, 11) is 0. The van der Waals surface area contributed by atoms with E-state index in [2.05, 4.69) is 13.8 Å². The topological polar surface area (TPSA) is 17.1 Å². The molecule has 0 aromatic rings. The van der Waals surface area contributed by atoms with E-state index in [9.17, 15) is 4.79 Å². The first kappa shape index (κ1) is 7.52. The fraction of sp³-hybridized carbons (Fsp3) is 0.667. The van der Waals surface area contributed by atoms with Gasteiger partial charge in [0.1, 0.15) is 5.78 Å². The molecule has 1 atom stereocenters. The van der Waals surface area contributed by atoms with Gasteiger partial charge < -0.3 is 0 Å². The first-order chi connectivity index (χ1) is 4.63. The number of ketones is 1. The summed E-state index contributed by atoms with van der Waals surface area (Å²) in [4.78, 5) is 11.0. The maximum absolute atomic E-state index is 11.0. The molecule has 1 nitrogen and oxygen atoms in total. The minimum Gasteiger partial charge on any atom is -0.299 e. The van der Waals surface area contributed by atoms with Crippen molar-refractivity contribution in [2.24, 2.45) is 5.92 Å². The van der Waals surface area contributed by atoms with Gasteiger partial charge in [0.15, 0.2) is 0 Å². The molecule has 10 heavy (non-hydrogen) atoms. The number of carbonyl (C=O) groups excluding carboxylic acids is 1. The second-order valence-electron chi connectivity index (χ2n) is 3.17. The van der Waals surface area contributed by atoms with E-state index in [0.29, 0.717) is 5.78 Å². The third kappa shape index (κ3) is 1.13. The second kappa shape index (κ2) is 2.57. The van der Waals surface area contributed by atoms with Crippen LogP contribution in [0.4, 0.5) is 0 Å². The molecule has 0 spiro atoms. The summed E-state index contributed by atoms with van der Waals surface area (Å²) in [6.07, 6.45) is 2.17. The highest BCUT2D eigenvalue weighted by atomic mass is 16.1. The standard InChI is InChI=1S/C9H14O/c1-6-4-5-9(7(6)2)8(3)10/h9H,4-5H2,1-3H3/t9-/m0/s1. The normalized spacial score (nSPS) is 25.7. The lowest BCUT2D eigenvalue weighted by molar-refractivity contribution is -0.119. The first-order valence-electron chi connectivity index (χ1n) is 3.79. The van der Waals surface area contributed by atoms with Crippen molar-refractivity contribution in [3.8, 4) is 0 Å². The molecule has 0 aromatic carbocycles. The Labute approximate surface area is 62.1 Å². The van der Waals surface area contributed by atoms with Gasteiger partial charge in [-0.05, 0) is 33.6 Å². The highest BCUT2D eigenvalue weighted by molar-refractivity contribution is 5.81. The van der Waals surface area contributed by atoms with Crippen LogP contribution in [-0.4, -0.2) is 5.78 Å². The number of hydrogen-bond donors (Lipinski definition) is 0. The molecule has 1 aliphatic rings. The van der Waals surface area contributed by atoms with Crippen LogP contribution in [0.3, 0.4) is 0 Å². The van der Waals surface area contributed by atoms with Crippen molar-refractivity contribution in [2.45, 2.75) is 33.6 Å². The lowest BCUT2D eigenvalue weighted by atomic mass is 9.98. The summed E-state index contributed by atoms with van der Waals surface area (Å²) in [5, 5.41) is 0. The van der Waals surface area contributed by atoms with Gasteiger partial charge in [-0.3, -0.25) is 4.79 Å². The molecule has 1 heteroatoms. The van der Waals surface area contributed by atoms with E-state index in [0.717, 1.165) is 12.8 Å². The highest BCUT2D eigenvalue weighted by Gasteiger charge is 2.22. The van der Waals surface area contributed by atoms with Crippen molar-refractivity contribution in [3.05, 3.63) is 11.1 Å². The Morgan fingerprint density at radius 3 is 2.30 bits per heavy atom. The molecule has 0 aromatic heterocycles. The van der Waals surface area contributed by atoms with Crippen LogP contribution in [0, 0.1) is 5.92 Å². The third-order valence-electron chi connectivity index (χ3n) is 2.49. The van der Waals surface area contributed by atoms with E-state index < -0.39 is 0 Å². The van der Waals surface area contributed by atoms with Crippen LogP contribution >= 0.6 is 0 Å². The Hall–Kier alpha value is -0.590. The molecule has 1 aliphatic carbocycles. The predicted octanol–water partition coefficient (Wildman–Crippen LogP) is 2.32. The highest BCUT2D eigenvalue weighted by Crippen LogP contribution is 2.31. The fourth-order valence-electron chi connectivity index (χ4n) is 1.58. The van der Waals surface area contributed by atoms with Crippen LogP contribution in [0.2, 0.25) is 0 Å². The maximum atomic E-state index is 11.0. The minimum absolute atomic E-state index is 0.250. The van der Waals surface area contributed by atoms with Crippen LogP contribution in [-0.2, 0) is 4.79 Å². The van der Waals surface area contributed by atoms with E-state index >= 15 is 0 Å². The van der Waals surface area contributed by atoms with Crippen molar-refractivity contribution in [2.75, 3.05) is 0 Å². The van der Waals surface area contributed by atoms with Crippen molar-refractivity contribution in [1.29, 1.82) is 0 Å². The number of rotatable bonds is 1. The van der Waals surface area contributed by atoms with Gasteiger partial charge in [-0.1, -0.05) is 11.1 Å². The molecule has 1 rings (SSSR count). The van der Waals surface area contributed by atoms with Gasteiger partial charge in [0.2, 0.25) is 0 Å². The SMILES string of the molecule is CC(=O)[C@H]1CCC(C)=C1C. The quantitative estimate of drug-likeness (QED) is 0.508. The predicted molar refractivity (Wildman–Crippen MR) is 41.8 cm³/mol. The molecule has 0 aliphatic heterocycles. The Morgan fingerprint density at radius 1 is 1.50 bits per heavy atom. The lowest BCUT2D eigenvalue weighted by Gasteiger charge is -2.05. The van der Waals surface area contributed by atoms with Gasteiger partial charge in [0, 0.05) is 5.92 Å². The van der Waals surface area contributed by atoms with Crippen molar-refractivity contribution in [3.63, 3.8) is 0 Å². The molecule has 0 N–H and O–H groups in total. The van der Waals surface area contributed by atoms with Crippen molar-refractivity contribution >= 4 is 5.78 Å². The monoisotopic (exact) mass is 138 g/mol. The zero-order valence-electron chi connectivity index (χ0n) is 6.90. The molecule has 0 saturated heterocycles. The van der Waals surface area contributed by atoms with Crippen LogP contribution < -0.4 is 0 Å². The van der Waals surface area contributed by atoms with Crippen molar-refractivity contribution < 1.29 is 4.79 Å². The van der Waals surface area contributed by atoms with Crippen LogP contribution in [0.1, 0.15) is 33.6 Å². The Bertz CT molecular complexity index is 189. The average Bonchev–Trinajstić information content (AvgIpc) is 2.14. The molecule has 0 unspecified atom stereocenters. The van der Waals surface area contributed by atoms with Gasteiger partial charge in [-0.25, -0.2) is 0 Å². The lowest BCUT2D eigenvalue weighted by Crippen LogP contribution is -2.07. The smallest absolute Gasteiger partial charge is 0.136 e. The molecule has 0 fully saturated rings. The van der Waals surface area contributed by atoms with Gasteiger partial charge in [-0.2, -0.15) is 0 Å².